The lowest BCUT2D eigenvalue weighted by Crippen LogP contribution is -2.09. The summed E-state index contributed by atoms with van der Waals surface area (Å²) in [4.78, 5) is 20.1. The summed E-state index contributed by atoms with van der Waals surface area (Å²) in [7, 11) is 0. The molecule has 0 spiro atoms. The molecule has 0 bridgehead atoms. The molecule has 0 saturated carbocycles. The van der Waals surface area contributed by atoms with E-state index in [2.05, 4.69) is 29.0 Å². The van der Waals surface area contributed by atoms with Crippen LogP contribution in [0.15, 0.2) is 29.3 Å². The Labute approximate surface area is 128 Å². The van der Waals surface area contributed by atoms with Gasteiger partial charge in [-0.2, -0.15) is 0 Å². The molecule has 0 aliphatic carbocycles. The highest BCUT2D eigenvalue weighted by atomic mass is 32.2. The quantitative estimate of drug-likeness (QED) is 0.674. The topological polar surface area (TPSA) is 63.1 Å². The fourth-order valence-corrected chi connectivity index (χ4v) is 3.19. The van der Waals surface area contributed by atoms with Gasteiger partial charge in [0.25, 0.3) is 0 Å². The van der Waals surface area contributed by atoms with Gasteiger partial charge in [-0.3, -0.25) is 0 Å². The van der Waals surface area contributed by atoms with Crippen LogP contribution in [0.3, 0.4) is 0 Å². The molecule has 0 aliphatic heterocycles. The predicted octanol–water partition coefficient (Wildman–Crippen LogP) is 3.65. The lowest BCUT2D eigenvalue weighted by Gasteiger charge is -2.10. The number of carbonyl (C=O) groups is 1. The number of hydrogen-bond donors (Lipinski definition) is 1. The first kappa shape index (κ1) is 15.5. The molecule has 110 valence electrons. The fourth-order valence-electron chi connectivity index (χ4n) is 2.03. The van der Waals surface area contributed by atoms with Gasteiger partial charge in [-0.1, -0.05) is 31.2 Å². The third-order valence-electron chi connectivity index (χ3n) is 3.26. The third-order valence-corrected chi connectivity index (χ3v) is 4.28. The Morgan fingerprint density at radius 3 is 2.57 bits per heavy atom. The highest BCUT2D eigenvalue weighted by Crippen LogP contribution is 2.27. The van der Waals surface area contributed by atoms with E-state index in [1.165, 1.54) is 22.9 Å². The zero-order chi connectivity index (χ0) is 15.4. The third kappa shape index (κ3) is 3.61. The van der Waals surface area contributed by atoms with Crippen molar-refractivity contribution in [1.29, 1.82) is 0 Å². The molecular weight excluding hydrogens is 284 g/mol. The Kier molecular flexibility index (Phi) is 4.96. The van der Waals surface area contributed by atoms with Crippen LogP contribution in [-0.4, -0.2) is 21.0 Å². The zero-order valence-electron chi connectivity index (χ0n) is 12.4. The summed E-state index contributed by atoms with van der Waals surface area (Å²) in [6, 6.07) is 8.09. The van der Waals surface area contributed by atoms with Crippen molar-refractivity contribution < 1.29 is 9.90 Å². The standard InChI is InChI=1S/C16H18N2O2S/c1-4-13-17-11(3)14(16(19)20)15(18-13)21-9-12-8-6-5-7-10(12)2/h5-8H,4,9H2,1-3H3,(H,19,20). The number of aromatic nitrogens is 2. The Morgan fingerprint density at radius 2 is 1.95 bits per heavy atom. The van der Waals surface area contributed by atoms with Gasteiger partial charge in [0.15, 0.2) is 0 Å². The van der Waals surface area contributed by atoms with Gasteiger partial charge in [0.2, 0.25) is 0 Å². The lowest BCUT2D eigenvalue weighted by atomic mass is 10.1. The first-order valence-corrected chi connectivity index (χ1v) is 7.79. The molecule has 1 heterocycles. The zero-order valence-corrected chi connectivity index (χ0v) is 13.2. The van der Waals surface area contributed by atoms with Gasteiger partial charge in [-0.05, 0) is 25.0 Å². The number of rotatable bonds is 5. The van der Waals surface area contributed by atoms with Crippen LogP contribution in [-0.2, 0) is 12.2 Å². The maximum atomic E-state index is 11.4. The average Bonchev–Trinajstić information content (AvgIpc) is 2.45. The van der Waals surface area contributed by atoms with E-state index in [9.17, 15) is 9.90 Å². The summed E-state index contributed by atoms with van der Waals surface area (Å²) in [5.41, 5.74) is 3.13. The monoisotopic (exact) mass is 302 g/mol. The number of thioether (sulfide) groups is 1. The van der Waals surface area contributed by atoms with Crippen LogP contribution in [0.25, 0.3) is 0 Å². The van der Waals surface area contributed by atoms with Crippen LogP contribution in [0.5, 0.6) is 0 Å². The van der Waals surface area contributed by atoms with E-state index in [0.29, 0.717) is 28.7 Å². The van der Waals surface area contributed by atoms with Crippen LogP contribution in [0.4, 0.5) is 0 Å². The fraction of sp³-hybridized carbons (Fsp3) is 0.312. The summed E-state index contributed by atoms with van der Waals surface area (Å²) in [5, 5.41) is 9.92. The Morgan fingerprint density at radius 1 is 1.24 bits per heavy atom. The van der Waals surface area contributed by atoms with Crippen LogP contribution < -0.4 is 0 Å². The first-order valence-electron chi connectivity index (χ1n) is 6.81. The molecule has 4 nitrogen and oxygen atoms in total. The molecule has 1 aromatic carbocycles. The van der Waals surface area contributed by atoms with Crippen molar-refractivity contribution in [3.63, 3.8) is 0 Å². The van der Waals surface area contributed by atoms with Crippen molar-refractivity contribution >= 4 is 17.7 Å². The van der Waals surface area contributed by atoms with E-state index in [4.69, 9.17) is 0 Å². The Bertz CT molecular complexity index is 671. The molecule has 5 heteroatoms. The molecule has 0 saturated heterocycles. The molecule has 0 amide bonds. The van der Waals surface area contributed by atoms with Gasteiger partial charge < -0.3 is 5.11 Å². The summed E-state index contributed by atoms with van der Waals surface area (Å²) in [6.45, 7) is 5.74. The van der Waals surface area contributed by atoms with Gasteiger partial charge in [-0.25, -0.2) is 14.8 Å². The minimum atomic E-state index is -0.970. The summed E-state index contributed by atoms with van der Waals surface area (Å²) in [5.74, 6) is 0.416. The molecule has 2 rings (SSSR count). The molecule has 1 aromatic heterocycles. The minimum absolute atomic E-state index is 0.214. The molecule has 1 N–H and O–H groups in total. The first-order chi connectivity index (χ1) is 10.0. The normalized spacial score (nSPS) is 10.6. The van der Waals surface area contributed by atoms with Crippen molar-refractivity contribution in [1.82, 2.24) is 9.97 Å². The molecule has 2 aromatic rings. The molecule has 0 aliphatic rings. The number of hydrogen-bond acceptors (Lipinski definition) is 4. The van der Waals surface area contributed by atoms with Crippen LogP contribution in [0.2, 0.25) is 0 Å². The summed E-state index contributed by atoms with van der Waals surface area (Å²) < 4.78 is 0. The molecule has 0 radical (unpaired) electrons. The number of nitrogens with zero attached hydrogens (tertiary/aromatic N) is 2. The van der Waals surface area contributed by atoms with Crippen LogP contribution in [0.1, 0.15) is 39.9 Å². The Balaban J connectivity index is 2.32. The van der Waals surface area contributed by atoms with Crippen molar-refractivity contribution in [2.75, 3.05) is 0 Å². The highest BCUT2D eigenvalue weighted by Gasteiger charge is 2.18. The second kappa shape index (κ2) is 6.72. The smallest absolute Gasteiger partial charge is 0.340 e. The number of carboxylic acid groups (broad SMARTS) is 1. The van der Waals surface area contributed by atoms with E-state index >= 15 is 0 Å². The maximum absolute atomic E-state index is 11.4. The van der Waals surface area contributed by atoms with Crippen LogP contribution in [0, 0.1) is 13.8 Å². The van der Waals surface area contributed by atoms with E-state index in [0.717, 1.165) is 0 Å². The molecule has 21 heavy (non-hydrogen) atoms. The summed E-state index contributed by atoms with van der Waals surface area (Å²) >= 11 is 1.45. The molecular formula is C16H18N2O2S. The van der Waals surface area contributed by atoms with E-state index in [1.807, 2.05) is 19.1 Å². The van der Waals surface area contributed by atoms with Gasteiger partial charge in [0.1, 0.15) is 16.4 Å². The number of carboxylic acids is 1. The molecule has 0 atom stereocenters. The van der Waals surface area contributed by atoms with Gasteiger partial charge in [-0.15, -0.1) is 11.8 Å². The van der Waals surface area contributed by atoms with E-state index in [1.54, 1.807) is 6.92 Å². The maximum Gasteiger partial charge on any atom is 0.340 e. The number of aryl methyl sites for hydroxylation is 3. The van der Waals surface area contributed by atoms with Crippen molar-refractivity contribution in [3.05, 3.63) is 52.5 Å². The lowest BCUT2D eigenvalue weighted by molar-refractivity contribution is 0.0690. The van der Waals surface area contributed by atoms with Crippen molar-refractivity contribution in [2.45, 2.75) is 38.0 Å². The largest absolute Gasteiger partial charge is 0.478 e. The Hall–Kier alpha value is -1.88. The molecule has 0 fully saturated rings. The van der Waals surface area contributed by atoms with E-state index < -0.39 is 5.97 Å². The minimum Gasteiger partial charge on any atom is -0.478 e. The van der Waals surface area contributed by atoms with Crippen molar-refractivity contribution in [2.24, 2.45) is 0 Å². The number of aromatic carboxylic acids is 1. The highest BCUT2D eigenvalue weighted by molar-refractivity contribution is 7.98. The number of benzene rings is 1. The van der Waals surface area contributed by atoms with E-state index in [-0.39, 0.29) is 5.56 Å². The predicted molar refractivity (Wildman–Crippen MR) is 83.8 cm³/mol. The SMILES string of the molecule is CCc1nc(C)c(C(=O)O)c(SCc2ccccc2C)n1. The van der Waals surface area contributed by atoms with Crippen molar-refractivity contribution in [3.8, 4) is 0 Å². The summed E-state index contributed by atoms with van der Waals surface area (Å²) in [6.07, 6.45) is 0.693. The van der Waals surface area contributed by atoms with Gasteiger partial charge in [0, 0.05) is 12.2 Å². The second-order valence-electron chi connectivity index (χ2n) is 4.78. The van der Waals surface area contributed by atoms with Crippen LogP contribution >= 0.6 is 11.8 Å². The van der Waals surface area contributed by atoms with Gasteiger partial charge >= 0.3 is 5.97 Å². The second-order valence-corrected chi connectivity index (χ2v) is 5.74. The molecule has 0 unspecified atom stereocenters. The average molecular weight is 302 g/mol. The van der Waals surface area contributed by atoms with Gasteiger partial charge in [0.05, 0.1) is 5.69 Å².